The lowest BCUT2D eigenvalue weighted by molar-refractivity contribution is -0.146. The lowest BCUT2D eigenvalue weighted by Crippen LogP contribution is -2.40. The molecule has 1 N–H and O–H groups in total. The van der Waals surface area contributed by atoms with Gasteiger partial charge in [0.2, 0.25) is 5.91 Å². The van der Waals surface area contributed by atoms with Crippen molar-refractivity contribution in [3.63, 3.8) is 0 Å². The fraction of sp³-hybridized carbons (Fsp3) is 0.818. The van der Waals surface area contributed by atoms with Crippen molar-refractivity contribution < 1.29 is 19.4 Å². The highest BCUT2D eigenvalue weighted by molar-refractivity contribution is 5.81. The number of aliphatic carboxylic acids is 1. The molecule has 1 amide bonds. The maximum atomic E-state index is 11.8. The molecule has 0 aliphatic heterocycles. The Kier molecular flexibility index (Phi) is 6.03. The van der Waals surface area contributed by atoms with Crippen molar-refractivity contribution >= 4 is 11.9 Å². The smallest absolute Gasteiger partial charge is 0.323 e. The van der Waals surface area contributed by atoms with Crippen LogP contribution in [0, 0.1) is 0 Å². The molecule has 0 heterocycles. The van der Waals surface area contributed by atoms with E-state index in [0.29, 0.717) is 6.54 Å². The summed E-state index contributed by atoms with van der Waals surface area (Å²) in [7, 11) is 1.54. The standard InChI is InChI=1S/C11H21NO4/c1-5-6-12(8-10(14)15)9(13)7-11(2,3)16-4/h5-8H2,1-4H3,(H,14,15). The molecular weight excluding hydrogens is 210 g/mol. The largest absolute Gasteiger partial charge is 0.480 e. The van der Waals surface area contributed by atoms with Crippen molar-refractivity contribution in [2.24, 2.45) is 0 Å². The summed E-state index contributed by atoms with van der Waals surface area (Å²) in [5.74, 6) is -1.17. The van der Waals surface area contributed by atoms with Crippen molar-refractivity contribution in [3.8, 4) is 0 Å². The van der Waals surface area contributed by atoms with E-state index in [1.54, 1.807) is 13.8 Å². The van der Waals surface area contributed by atoms with Crippen LogP contribution in [-0.4, -0.2) is 47.7 Å². The van der Waals surface area contributed by atoms with Gasteiger partial charge in [0, 0.05) is 13.7 Å². The summed E-state index contributed by atoms with van der Waals surface area (Å²) in [4.78, 5) is 23.8. The molecule has 0 fully saturated rings. The van der Waals surface area contributed by atoms with Crippen LogP contribution in [0.3, 0.4) is 0 Å². The first-order valence-corrected chi connectivity index (χ1v) is 5.37. The zero-order chi connectivity index (χ0) is 12.8. The Hall–Kier alpha value is -1.10. The van der Waals surface area contributed by atoms with Gasteiger partial charge in [0.25, 0.3) is 0 Å². The van der Waals surface area contributed by atoms with Gasteiger partial charge < -0.3 is 14.7 Å². The Balaban J connectivity index is 4.43. The Morgan fingerprint density at radius 2 is 1.94 bits per heavy atom. The first-order valence-electron chi connectivity index (χ1n) is 5.37. The van der Waals surface area contributed by atoms with E-state index < -0.39 is 11.6 Å². The van der Waals surface area contributed by atoms with E-state index in [4.69, 9.17) is 9.84 Å². The van der Waals surface area contributed by atoms with Crippen LogP contribution in [0.5, 0.6) is 0 Å². The first-order chi connectivity index (χ1) is 7.32. The number of methoxy groups -OCH3 is 1. The fourth-order valence-electron chi connectivity index (χ4n) is 1.27. The second-order valence-corrected chi connectivity index (χ2v) is 4.35. The number of amides is 1. The number of rotatable bonds is 7. The highest BCUT2D eigenvalue weighted by Gasteiger charge is 2.25. The SMILES string of the molecule is CCCN(CC(=O)O)C(=O)CC(C)(C)OC. The molecule has 0 radical (unpaired) electrons. The van der Waals surface area contributed by atoms with Gasteiger partial charge in [0.05, 0.1) is 12.0 Å². The summed E-state index contributed by atoms with van der Waals surface area (Å²) >= 11 is 0. The number of carboxylic acid groups (broad SMARTS) is 1. The molecule has 5 nitrogen and oxygen atoms in total. The van der Waals surface area contributed by atoms with Crippen molar-refractivity contribution in [3.05, 3.63) is 0 Å². The Bertz CT molecular complexity index is 250. The molecule has 16 heavy (non-hydrogen) atoms. The van der Waals surface area contributed by atoms with Gasteiger partial charge in [-0.15, -0.1) is 0 Å². The molecule has 0 aliphatic rings. The molecule has 0 aromatic carbocycles. The molecule has 0 unspecified atom stereocenters. The highest BCUT2D eigenvalue weighted by atomic mass is 16.5. The summed E-state index contributed by atoms with van der Waals surface area (Å²) < 4.78 is 5.15. The van der Waals surface area contributed by atoms with E-state index in [-0.39, 0.29) is 18.9 Å². The lowest BCUT2D eigenvalue weighted by atomic mass is 10.0. The van der Waals surface area contributed by atoms with E-state index in [1.165, 1.54) is 12.0 Å². The first kappa shape index (κ1) is 14.9. The third-order valence-electron chi connectivity index (χ3n) is 2.30. The van der Waals surface area contributed by atoms with E-state index in [2.05, 4.69) is 0 Å². The van der Waals surface area contributed by atoms with Crippen LogP contribution < -0.4 is 0 Å². The second-order valence-electron chi connectivity index (χ2n) is 4.35. The molecule has 94 valence electrons. The van der Waals surface area contributed by atoms with Crippen molar-refractivity contribution in [1.82, 2.24) is 4.90 Å². The number of nitrogens with zero attached hydrogens (tertiary/aromatic N) is 1. The third kappa shape index (κ3) is 5.70. The average molecular weight is 231 g/mol. The molecule has 0 bridgehead atoms. The normalized spacial score (nSPS) is 11.2. The zero-order valence-electron chi connectivity index (χ0n) is 10.4. The van der Waals surface area contributed by atoms with E-state index in [9.17, 15) is 9.59 Å². The van der Waals surface area contributed by atoms with Gasteiger partial charge in [-0.2, -0.15) is 0 Å². The Morgan fingerprint density at radius 3 is 2.31 bits per heavy atom. The van der Waals surface area contributed by atoms with Crippen LogP contribution in [0.25, 0.3) is 0 Å². The molecule has 0 aromatic heterocycles. The lowest BCUT2D eigenvalue weighted by Gasteiger charge is -2.27. The van der Waals surface area contributed by atoms with Crippen molar-refractivity contribution in [1.29, 1.82) is 0 Å². The summed E-state index contributed by atoms with van der Waals surface area (Å²) in [6, 6.07) is 0. The Labute approximate surface area is 96.4 Å². The van der Waals surface area contributed by atoms with E-state index in [0.717, 1.165) is 6.42 Å². The number of ether oxygens (including phenoxy) is 1. The predicted octanol–water partition coefficient (Wildman–Crippen LogP) is 1.12. The van der Waals surface area contributed by atoms with Crippen LogP contribution in [0.15, 0.2) is 0 Å². The number of carbonyl (C=O) groups is 2. The minimum Gasteiger partial charge on any atom is -0.480 e. The van der Waals surface area contributed by atoms with Crippen molar-refractivity contribution in [2.75, 3.05) is 20.2 Å². The number of hydrogen-bond acceptors (Lipinski definition) is 3. The third-order valence-corrected chi connectivity index (χ3v) is 2.30. The molecule has 0 saturated carbocycles. The van der Waals surface area contributed by atoms with Crippen LogP contribution in [0.2, 0.25) is 0 Å². The predicted molar refractivity (Wildman–Crippen MR) is 60.2 cm³/mol. The second kappa shape index (κ2) is 6.48. The topological polar surface area (TPSA) is 66.8 Å². The summed E-state index contributed by atoms with van der Waals surface area (Å²) in [6.45, 7) is 5.73. The molecule has 0 spiro atoms. The van der Waals surface area contributed by atoms with Crippen LogP contribution in [0.4, 0.5) is 0 Å². The maximum absolute atomic E-state index is 11.8. The maximum Gasteiger partial charge on any atom is 0.323 e. The minimum absolute atomic E-state index is 0.184. The number of carbonyl (C=O) groups excluding carboxylic acids is 1. The van der Waals surface area contributed by atoms with Gasteiger partial charge >= 0.3 is 5.97 Å². The molecule has 0 rings (SSSR count). The molecule has 0 atom stereocenters. The van der Waals surface area contributed by atoms with Gasteiger partial charge in [0.15, 0.2) is 0 Å². The minimum atomic E-state index is -0.989. The van der Waals surface area contributed by atoms with Gasteiger partial charge in [0.1, 0.15) is 6.54 Å². The fourth-order valence-corrected chi connectivity index (χ4v) is 1.27. The average Bonchev–Trinajstić information content (AvgIpc) is 2.16. The molecule has 0 saturated heterocycles. The summed E-state index contributed by atoms with van der Waals surface area (Å²) in [5.41, 5.74) is -0.554. The molecule has 0 aliphatic carbocycles. The zero-order valence-corrected chi connectivity index (χ0v) is 10.4. The van der Waals surface area contributed by atoms with Crippen LogP contribution >= 0.6 is 0 Å². The molecule has 5 heteroatoms. The number of carboxylic acids is 1. The quantitative estimate of drug-likeness (QED) is 0.713. The summed E-state index contributed by atoms with van der Waals surface area (Å²) in [6.07, 6.45) is 0.934. The van der Waals surface area contributed by atoms with Gasteiger partial charge in [-0.3, -0.25) is 9.59 Å². The van der Waals surface area contributed by atoms with E-state index >= 15 is 0 Å². The molecule has 0 aromatic rings. The van der Waals surface area contributed by atoms with Gasteiger partial charge in [-0.1, -0.05) is 6.92 Å². The monoisotopic (exact) mass is 231 g/mol. The van der Waals surface area contributed by atoms with Crippen molar-refractivity contribution in [2.45, 2.75) is 39.2 Å². The van der Waals surface area contributed by atoms with Crippen LogP contribution in [0.1, 0.15) is 33.6 Å². The Morgan fingerprint density at radius 1 is 1.38 bits per heavy atom. The molecular formula is C11H21NO4. The van der Waals surface area contributed by atoms with E-state index in [1.807, 2.05) is 6.92 Å². The van der Waals surface area contributed by atoms with Gasteiger partial charge in [-0.25, -0.2) is 0 Å². The van der Waals surface area contributed by atoms with Crippen LogP contribution in [-0.2, 0) is 14.3 Å². The highest BCUT2D eigenvalue weighted by Crippen LogP contribution is 2.14. The number of hydrogen-bond donors (Lipinski definition) is 1. The summed E-state index contributed by atoms with van der Waals surface area (Å²) in [5, 5.41) is 8.69. The van der Waals surface area contributed by atoms with Gasteiger partial charge in [-0.05, 0) is 20.3 Å².